The first kappa shape index (κ1) is 16.9. The molecule has 1 atom stereocenters. The summed E-state index contributed by atoms with van der Waals surface area (Å²) in [5, 5.41) is 2.90. The number of hydrogen-bond donors (Lipinski definition) is 1. The summed E-state index contributed by atoms with van der Waals surface area (Å²) in [6, 6.07) is 5.21. The Hall–Kier alpha value is -1.46. The van der Waals surface area contributed by atoms with Crippen molar-refractivity contribution in [2.75, 3.05) is 31.5 Å². The molecule has 120 valence electrons. The highest BCUT2D eigenvalue weighted by Gasteiger charge is 2.26. The zero-order valence-electron chi connectivity index (χ0n) is 12.6. The van der Waals surface area contributed by atoms with Crippen molar-refractivity contribution in [2.45, 2.75) is 19.2 Å². The smallest absolute Gasteiger partial charge is 0.321 e. The van der Waals surface area contributed by atoms with Gasteiger partial charge in [0.25, 0.3) is 0 Å². The van der Waals surface area contributed by atoms with Crippen molar-refractivity contribution in [2.24, 2.45) is 0 Å². The molecule has 0 aromatic heterocycles. The molecule has 0 saturated carbocycles. The number of hydrogen-bond acceptors (Lipinski definition) is 2. The van der Waals surface area contributed by atoms with Crippen molar-refractivity contribution in [3.8, 4) is 0 Å². The average Bonchev–Trinajstić information content (AvgIpc) is 2.50. The number of aryl methyl sites for hydroxylation is 1. The van der Waals surface area contributed by atoms with Crippen LogP contribution >= 0.6 is 23.2 Å². The van der Waals surface area contributed by atoms with E-state index in [-0.39, 0.29) is 11.9 Å². The number of halogens is 2. The summed E-state index contributed by atoms with van der Waals surface area (Å²) in [7, 11) is 0. The normalized spacial score (nSPS) is 16.4. The molecular formula is C15H19Cl2N3O2. The van der Waals surface area contributed by atoms with Gasteiger partial charge in [0.1, 0.15) is 5.38 Å². The lowest BCUT2D eigenvalue weighted by atomic mass is 10.2. The van der Waals surface area contributed by atoms with Crippen LogP contribution in [-0.2, 0) is 4.79 Å². The van der Waals surface area contributed by atoms with Crippen LogP contribution in [0.5, 0.6) is 0 Å². The minimum absolute atomic E-state index is 0.0907. The molecule has 1 aliphatic heterocycles. The molecule has 1 saturated heterocycles. The summed E-state index contributed by atoms with van der Waals surface area (Å²) in [6.45, 7) is 5.53. The number of piperazine rings is 1. The number of carbonyl (C=O) groups is 2. The van der Waals surface area contributed by atoms with Gasteiger partial charge in [0.2, 0.25) is 5.91 Å². The summed E-state index contributed by atoms with van der Waals surface area (Å²) in [5.74, 6) is -0.0907. The molecular weight excluding hydrogens is 325 g/mol. The fraction of sp³-hybridized carbons (Fsp3) is 0.467. The molecule has 1 N–H and O–H groups in total. The van der Waals surface area contributed by atoms with Gasteiger partial charge in [-0.2, -0.15) is 0 Å². The number of anilines is 1. The number of nitrogens with one attached hydrogen (secondary N) is 1. The molecule has 2 rings (SSSR count). The number of benzene rings is 1. The second-order valence-corrected chi connectivity index (χ2v) is 6.38. The third kappa shape index (κ3) is 4.05. The van der Waals surface area contributed by atoms with E-state index in [4.69, 9.17) is 23.2 Å². The van der Waals surface area contributed by atoms with Crippen molar-refractivity contribution < 1.29 is 9.59 Å². The van der Waals surface area contributed by atoms with E-state index in [1.54, 1.807) is 22.8 Å². The SMILES string of the molecule is Cc1ccc(NC(=O)N2CCN(C(=O)C(C)Cl)CC2)cc1Cl. The maximum atomic E-state index is 12.2. The molecule has 1 fully saturated rings. The van der Waals surface area contributed by atoms with Crippen LogP contribution in [0, 0.1) is 6.92 Å². The highest BCUT2D eigenvalue weighted by atomic mass is 35.5. The number of alkyl halides is 1. The van der Waals surface area contributed by atoms with Crippen LogP contribution in [0.2, 0.25) is 5.02 Å². The Morgan fingerprint density at radius 2 is 1.77 bits per heavy atom. The van der Waals surface area contributed by atoms with Crippen LogP contribution in [0.4, 0.5) is 10.5 Å². The number of carbonyl (C=O) groups excluding carboxylic acids is 2. The monoisotopic (exact) mass is 343 g/mol. The van der Waals surface area contributed by atoms with E-state index in [1.807, 2.05) is 19.1 Å². The Bertz CT molecular complexity index is 570. The molecule has 0 aliphatic carbocycles. The lowest BCUT2D eigenvalue weighted by Gasteiger charge is -2.35. The number of amides is 3. The summed E-state index contributed by atoms with van der Waals surface area (Å²) < 4.78 is 0. The Morgan fingerprint density at radius 3 is 2.32 bits per heavy atom. The van der Waals surface area contributed by atoms with Gasteiger partial charge in [-0.25, -0.2) is 4.79 Å². The third-order valence-corrected chi connectivity index (χ3v) is 4.24. The van der Waals surface area contributed by atoms with E-state index in [0.717, 1.165) is 5.56 Å². The Morgan fingerprint density at radius 1 is 1.18 bits per heavy atom. The van der Waals surface area contributed by atoms with Gasteiger partial charge in [-0.3, -0.25) is 4.79 Å². The fourth-order valence-corrected chi connectivity index (χ4v) is 2.57. The number of nitrogens with zero attached hydrogens (tertiary/aromatic N) is 2. The van der Waals surface area contributed by atoms with Crippen molar-refractivity contribution in [1.29, 1.82) is 0 Å². The largest absolute Gasteiger partial charge is 0.338 e. The standard InChI is InChI=1S/C15H19Cl2N3O2/c1-10-3-4-12(9-13(10)17)18-15(22)20-7-5-19(6-8-20)14(21)11(2)16/h3-4,9,11H,5-8H2,1-2H3,(H,18,22). The van der Waals surface area contributed by atoms with E-state index >= 15 is 0 Å². The number of urea groups is 1. The van der Waals surface area contributed by atoms with E-state index in [1.165, 1.54) is 0 Å². The first-order valence-corrected chi connectivity index (χ1v) is 7.95. The van der Waals surface area contributed by atoms with E-state index in [2.05, 4.69) is 5.32 Å². The topological polar surface area (TPSA) is 52.7 Å². The minimum Gasteiger partial charge on any atom is -0.338 e. The van der Waals surface area contributed by atoms with Crippen LogP contribution in [0.1, 0.15) is 12.5 Å². The lowest BCUT2D eigenvalue weighted by molar-refractivity contribution is -0.131. The summed E-state index contributed by atoms with van der Waals surface area (Å²) >= 11 is 11.8. The van der Waals surface area contributed by atoms with E-state index in [9.17, 15) is 9.59 Å². The molecule has 1 aromatic carbocycles. The van der Waals surface area contributed by atoms with Crippen LogP contribution in [0.15, 0.2) is 18.2 Å². The van der Waals surface area contributed by atoms with Gasteiger partial charge in [-0.05, 0) is 31.5 Å². The van der Waals surface area contributed by atoms with Crippen LogP contribution in [0.25, 0.3) is 0 Å². The van der Waals surface area contributed by atoms with Crippen molar-refractivity contribution >= 4 is 40.8 Å². The lowest BCUT2D eigenvalue weighted by Crippen LogP contribution is -2.52. The molecule has 1 unspecified atom stereocenters. The highest BCUT2D eigenvalue weighted by Crippen LogP contribution is 2.20. The van der Waals surface area contributed by atoms with Crippen LogP contribution < -0.4 is 5.32 Å². The van der Waals surface area contributed by atoms with Gasteiger partial charge in [0.05, 0.1) is 0 Å². The van der Waals surface area contributed by atoms with Gasteiger partial charge < -0.3 is 15.1 Å². The second-order valence-electron chi connectivity index (χ2n) is 5.32. The Labute approximate surface area is 140 Å². The average molecular weight is 344 g/mol. The molecule has 0 bridgehead atoms. The predicted octanol–water partition coefficient (Wildman–Crippen LogP) is 2.95. The van der Waals surface area contributed by atoms with E-state index in [0.29, 0.717) is 36.9 Å². The van der Waals surface area contributed by atoms with Crippen molar-refractivity contribution in [1.82, 2.24) is 9.80 Å². The fourth-order valence-electron chi connectivity index (χ4n) is 2.25. The van der Waals surface area contributed by atoms with Gasteiger partial charge >= 0.3 is 6.03 Å². The molecule has 1 heterocycles. The Kier molecular flexibility index (Phi) is 5.53. The van der Waals surface area contributed by atoms with Gasteiger partial charge in [-0.1, -0.05) is 17.7 Å². The summed E-state index contributed by atoms with van der Waals surface area (Å²) in [5.41, 5.74) is 1.62. The van der Waals surface area contributed by atoms with Gasteiger partial charge in [0, 0.05) is 36.9 Å². The molecule has 0 radical (unpaired) electrons. The maximum absolute atomic E-state index is 12.2. The summed E-state index contributed by atoms with van der Waals surface area (Å²) in [4.78, 5) is 27.4. The maximum Gasteiger partial charge on any atom is 0.321 e. The molecule has 1 aromatic rings. The molecule has 0 spiro atoms. The highest BCUT2D eigenvalue weighted by molar-refractivity contribution is 6.31. The van der Waals surface area contributed by atoms with E-state index < -0.39 is 5.38 Å². The third-order valence-electron chi connectivity index (χ3n) is 3.64. The van der Waals surface area contributed by atoms with Gasteiger partial charge in [-0.15, -0.1) is 11.6 Å². The van der Waals surface area contributed by atoms with Crippen molar-refractivity contribution in [3.63, 3.8) is 0 Å². The van der Waals surface area contributed by atoms with Gasteiger partial charge in [0.15, 0.2) is 0 Å². The molecule has 22 heavy (non-hydrogen) atoms. The predicted molar refractivity (Wildman–Crippen MR) is 88.7 cm³/mol. The molecule has 7 heteroatoms. The zero-order chi connectivity index (χ0) is 16.3. The van der Waals surface area contributed by atoms with Crippen LogP contribution in [0.3, 0.4) is 0 Å². The molecule has 5 nitrogen and oxygen atoms in total. The quantitative estimate of drug-likeness (QED) is 0.839. The zero-order valence-corrected chi connectivity index (χ0v) is 14.1. The molecule has 3 amide bonds. The number of rotatable bonds is 2. The van der Waals surface area contributed by atoms with Crippen LogP contribution in [-0.4, -0.2) is 53.3 Å². The minimum atomic E-state index is -0.532. The van der Waals surface area contributed by atoms with Crippen molar-refractivity contribution in [3.05, 3.63) is 28.8 Å². The first-order chi connectivity index (χ1) is 10.4. The molecule has 1 aliphatic rings. The Balaban J connectivity index is 1.89. The summed E-state index contributed by atoms with van der Waals surface area (Å²) in [6.07, 6.45) is 0. The first-order valence-electron chi connectivity index (χ1n) is 7.13. The second kappa shape index (κ2) is 7.20.